The highest BCUT2D eigenvalue weighted by atomic mass is 19.1. The zero-order chi connectivity index (χ0) is 21.0. The van der Waals surface area contributed by atoms with Crippen LogP contribution in [0.1, 0.15) is 25.0 Å². The van der Waals surface area contributed by atoms with Crippen molar-refractivity contribution in [1.82, 2.24) is 9.78 Å². The van der Waals surface area contributed by atoms with Gasteiger partial charge in [-0.15, -0.1) is 5.10 Å². The number of nitrogens with zero attached hydrogens (tertiary/aromatic N) is 2. The Morgan fingerprint density at radius 1 is 1.17 bits per heavy atom. The first kappa shape index (κ1) is 20.3. The second kappa shape index (κ2) is 8.68. The molecule has 29 heavy (non-hydrogen) atoms. The van der Waals surface area contributed by atoms with E-state index in [9.17, 15) is 14.0 Å². The third kappa shape index (κ3) is 4.68. The smallest absolute Gasteiger partial charge is 0.271 e. The number of amides is 1. The molecule has 1 N–H and O–H groups in total. The SMILES string of the molecule is CCc1cccc(C)c1NC(=O)C(C)Oc1ccc(=O)n(-c2ccc(F)cc2)n1. The molecular formula is C22H22FN3O3. The van der Waals surface area contributed by atoms with Crippen LogP contribution in [0.3, 0.4) is 0 Å². The lowest BCUT2D eigenvalue weighted by molar-refractivity contribution is -0.122. The molecule has 6 nitrogen and oxygen atoms in total. The number of hydrogen-bond donors (Lipinski definition) is 1. The standard InChI is InChI=1S/C22H22FN3O3/c1-4-16-7-5-6-14(2)21(16)24-22(28)15(3)29-19-12-13-20(27)26(25-19)18-10-8-17(23)9-11-18/h5-13,15H,4H2,1-3H3,(H,24,28). The molecule has 0 aliphatic rings. The Hall–Kier alpha value is -3.48. The molecule has 1 unspecified atom stereocenters. The molecule has 2 aromatic carbocycles. The first-order valence-electron chi connectivity index (χ1n) is 9.31. The third-order valence-electron chi connectivity index (χ3n) is 4.50. The maximum absolute atomic E-state index is 13.1. The molecule has 0 spiro atoms. The first-order chi connectivity index (χ1) is 13.9. The number of benzene rings is 2. The number of para-hydroxylation sites is 1. The number of hydrogen-bond acceptors (Lipinski definition) is 4. The van der Waals surface area contributed by atoms with Gasteiger partial charge in [0.25, 0.3) is 11.5 Å². The summed E-state index contributed by atoms with van der Waals surface area (Å²) in [6.45, 7) is 5.56. The van der Waals surface area contributed by atoms with Crippen LogP contribution in [-0.4, -0.2) is 21.8 Å². The minimum Gasteiger partial charge on any atom is -0.463 e. The van der Waals surface area contributed by atoms with Crippen LogP contribution in [0.4, 0.5) is 10.1 Å². The normalized spacial score (nSPS) is 11.7. The van der Waals surface area contributed by atoms with Crippen LogP contribution in [-0.2, 0) is 11.2 Å². The van der Waals surface area contributed by atoms with Crippen LogP contribution in [0, 0.1) is 12.7 Å². The van der Waals surface area contributed by atoms with Gasteiger partial charge in [0.15, 0.2) is 6.10 Å². The summed E-state index contributed by atoms with van der Waals surface area (Å²) < 4.78 is 19.9. The van der Waals surface area contributed by atoms with E-state index in [1.54, 1.807) is 6.92 Å². The highest BCUT2D eigenvalue weighted by Gasteiger charge is 2.18. The predicted octanol–water partition coefficient (Wildman–Crippen LogP) is 3.65. The quantitative estimate of drug-likeness (QED) is 0.692. The molecule has 0 aliphatic heterocycles. The molecule has 1 amide bonds. The molecule has 1 atom stereocenters. The van der Waals surface area contributed by atoms with E-state index in [2.05, 4.69) is 10.4 Å². The van der Waals surface area contributed by atoms with E-state index >= 15 is 0 Å². The monoisotopic (exact) mass is 395 g/mol. The Morgan fingerprint density at radius 3 is 2.59 bits per heavy atom. The first-order valence-corrected chi connectivity index (χ1v) is 9.31. The highest BCUT2D eigenvalue weighted by molar-refractivity contribution is 5.95. The highest BCUT2D eigenvalue weighted by Crippen LogP contribution is 2.21. The van der Waals surface area contributed by atoms with Crippen molar-refractivity contribution in [3.05, 3.63) is 81.9 Å². The van der Waals surface area contributed by atoms with Crippen molar-refractivity contribution in [2.45, 2.75) is 33.3 Å². The fraction of sp³-hybridized carbons (Fsp3) is 0.227. The number of carbonyl (C=O) groups is 1. The summed E-state index contributed by atoms with van der Waals surface area (Å²) in [5, 5.41) is 7.04. The second-order valence-corrected chi connectivity index (χ2v) is 6.61. The molecule has 0 bridgehead atoms. The second-order valence-electron chi connectivity index (χ2n) is 6.61. The van der Waals surface area contributed by atoms with Crippen molar-refractivity contribution in [3.63, 3.8) is 0 Å². The van der Waals surface area contributed by atoms with Gasteiger partial charge in [0.1, 0.15) is 5.82 Å². The molecule has 3 aromatic rings. The van der Waals surface area contributed by atoms with Crippen molar-refractivity contribution in [3.8, 4) is 11.6 Å². The van der Waals surface area contributed by atoms with Crippen molar-refractivity contribution < 1.29 is 13.9 Å². The topological polar surface area (TPSA) is 73.2 Å². The van der Waals surface area contributed by atoms with E-state index in [0.29, 0.717) is 5.69 Å². The van der Waals surface area contributed by atoms with E-state index < -0.39 is 17.5 Å². The molecule has 0 aliphatic carbocycles. The minimum absolute atomic E-state index is 0.108. The van der Waals surface area contributed by atoms with Gasteiger partial charge in [-0.05, 0) is 55.7 Å². The number of anilines is 1. The number of aryl methyl sites for hydroxylation is 2. The lowest BCUT2D eigenvalue weighted by Gasteiger charge is -2.17. The fourth-order valence-electron chi connectivity index (χ4n) is 2.89. The molecule has 1 heterocycles. The van der Waals surface area contributed by atoms with Crippen molar-refractivity contribution in [2.24, 2.45) is 0 Å². The minimum atomic E-state index is -0.842. The average Bonchev–Trinajstić information content (AvgIpc) is 2.71. The van der Waals surface area contributed by atoms with Gasteiger partial charge in [0.2, 0.25) is 5.88 Å². The Labute approximate surface area is 168 Å². The molecule has 150 valence electrons. The summed E-state index contributed by atoms with van der Waals surface area (Å²) in [6.07, 6.45) is -0.0533. The van der Waals surface area contributed by atoms with Crippen molar-refractivity contribution >= 4 is 11.6 Å². The lowest BCUT2D eigenvalue weighted by atomic mass is 10.1. The molecule has 3 rings (SSSR count). The van der Waals surface area contributed by atoms with E-state index in [0.717, 1.165) is 27.9 Å². The average molecular weight is 395 g/mol. The van der Waals surface area contributed by atoms with Gasteiger partial charge in [-0.2, -0.15) is 4.68 Å². The summed E-state index contributed by atoms with van der Waals surface area (Å²) in [5.74, 6) is -0.630. The summed E-state index contributed by atoms with van der Waals surface area (Å²) in [6, 6.07) is 13.9. The molecule has 0 saturated heterocycles. The molecule has 0 saturated carbocycles. The largest absolute Gasteiger partial charge is 0.463 e. The van der Waals surface area contributed by atoms with Crippen LogP contribution >= 0.6 is 0 Å². The summed E-state index contributed by atoms with van der Waals surface area (Å²) >= 11 is 0. The number of aromatic nitrogens is 2. The Morgan fingerprint density at radius 2 is 1.90 bits per heavy atom. The van der Waals surface area contributed by atoms with Crippen LogP contribution < -0.4 is 15.6 Å². The van der Waals surface area contributed by atoms with E-state index in [1.807, 2.05) is 32.0 Å². The predicted molar refractivity (Wildman–Crippen MR) is 109 cm³/mol. The summed E-state index contributed by atoms with van der Waals surface area (Å²) in [4.78, 5) is 24.7. The van der Waals surface area contributed by atoms with Gasteiger partial charge < -0.3 is 10.1 Å². The van der Waals surface area contributed by atoms with E-state index in [1.165, 1.54) is 36.4 Å². The van der Waals surface area contributed by atoms with E-state index in [-0.39, 0.29) is 11.8 Å². The van der Waals surface area contributed by atoms with E-state index in [4.69, 9.17) is 4.74 Å². The summed E-state index contributed by atoms with van der Waals surface area (Å²) in [5.41, 5.74) is 2.78. The Kier molecular flexibility index (Phi) is 6.07. The van der Waals surface area contributed by atoms with Gasteiger partial charge in [-0.1, -0.05) is 25.1 Å². The van der Waals surface area contributed by atoms with Gasteiger partial charge >= 0.3 is 0 Å². The number of rotatable bonds is 6. The Bertz CT molecular complexity index is 1080. The van der Waals surface area contributed by atoms with Gasteiger partial charge in [0.05, 0.1) is 5.69 Å². The van der Waals surface area contributed by atoms with Crippen molar-refractivity contribution in [2.75, 3.05) is 5.32 Å². The molecule has 1 aromatic heterocycles. The van der Waals surface area contributed by atoms with Crippen LogP contribution in [0.2, 0.25) is 0 Å². The van der Waals surface area contributed by atoms with Crippen LogP contribution in [0.5, 0.6) is 5.88 Å². The molecule has 7 heteroatoms. The zero-order valence-corrected chi connectivity index (χ0v) is 16.5. The maximum atomic E-state index is 13.1. The van der Waals surface area contributed by atoms with Crippen LogP contribution in [0.15, 0.2) is 59.4 Å². The fourth-order valence-corrected chi connectivity index (χ4v) is 2.89. The third-order valence-corrected chi connectivity index (χ3v) is 4.50. The molecular weight excluding hydrogens is 373 g/mol. The maximum Gasteiger partial charge on any atom is 0.271 e. The number of ether oxygens (including phenoxy) is 1. The number of halogens is 1. The van der Waals surface area contributed by atoms with Gasteiger partial charge in [-0.3, -0.25) is 9.59 Å². The zero-order valence-electron chi connectivity index (χ0n) is 16.5. The number of carbonyl (C=O) groups excluding carboxylic acids is 1. The van der Waals surface area contributed by atoms with Crippen LogP contribution in [0.25, 0.3) is 5.69 Å². The number of nitrogens with one attached hydrogen (secondary N) is 1. The van der Waals surface area contributed by atoms with Gasteiger partial charge in [-0.25, -0.2) is 4.39 Å². The van der Waals surface area contributed by atoms with Crippen molar-refractivity contribution in [1.29, 1.82) is 0 Å². The molecule has 0 radical (unpaired) electrons. The summed E-state index contributed by atoms with van der Waals surface area (Å²) in [7, 11) is 0. The Balaban J connectivity index is 1.78. The lowest BCUT2D eigenvalue weighted by Crippen LogP contribution is -2.32. The molecule has 0 fully saturated rings. The van der Waals surface area contributed by atoms with Gasteiger partial charge in [0, 0.05) is 17.8 Å².